The van der Waals surface area contributed by atoms with Gasteiger partial charge in [0.2, 0.25) is 0 Å². The van der Waals surface area contributed by atoms with Crippen LogP contribution in [0.2, 0.25) is 0 Å². The van der Waals surface area contributed by atoms with Crippen LogP contribution in [0.1, 0.15) is 22.5 Å². The van der Waals surface area contributed by atoms with Crippen molar-refractivity contribution in [3.63, 3.8) is 0 Å². The van der Waals surface area contributed by atoms with E-state index in [2.05, 4.69) is 10.3 Å². The molecular formula is C20H19N3O5. The van der Waals surface area contributed by atoms with Gasteiger partial charge in [0.1, 0.15) is 0 Å². The van der Waals surface area contributed by atoms with E-state index in [1.165, 1.54) is 10.8 Å². The van der Waals surface area contributed by atoms with Crippen molar-refractivity contribution in [2.75, 3.05) is 6.54 Å². The van der Waals surface area contributed by atoms with E-state index >= 15 is 0 Å². The summed E-state index contributed by atoms with van der Waals surface area (Å²) in [5.74, 6) is -2.15. The molecule has 0 bridgehead atoms. The summed E-state index contributed by atoms with van der Waals surface area (Å²) < 4.78 is 1.53. The molecule has 28 heavy (non-hydrogen) atoms. The number of nitrogens with one attached hydrogen (secondary N) is 1. The predicted molar refractivity (Wildman–Crippen MR) is 102 cm³/mol. The Morgan fingerprint density at radius 2 is 1.86 bits per heavy atom. The Morgan fingerprint density at radius 1 is 1.11 bits per heavy atom. The lowest BCUT2D eigenvalue weighted by atomic mass is 10.1. The second kappa shape index (κ2) is 8.34. The zero-order chi connectivity index (χ0) is 20.1. The normalized spacial score (nSPS) is 10.7. The molecule has 0 aliphatic heterocycles. The number of carboxylic acids is 1. The van der Waals surface area contributed by atoms with E-state index in [1.54, 1.807) is 12.3 Å². The van der Waals surface area contributed by atoms with Crippen LogP contribution < -0.4 is 10.9 Å². The summed E-state index contributed by atoms with van der Waals surface area (Å²) in [5.41, 5.74) is 0.539. The summed E-state index contributed by atoms with van der Waals surface area (Å²) in [6.45, 7) is 0.380. The Hall–Kier alpha value is -3.68. The van der Waals surface area contributed by atoms with E-state index in [9.17, 15) is 19.5 Å². The lowest BCUT2D eigenvalue weighted by Gasteiger charge is -2.10. The van der Waals surface area contributed by atoms with Gasteiger partial charge in [0.25, 0.3) is 11.5 Å². The fourth-order valence-electron chi connectivity index (χ4n) is 2.84. The highest BCUT2D eigenvalue weighted by atomic mass is 16.4. The van der Waals surface area contributed by atoms with Gasteiger partial charge >= 0.3 is 5.97 Å². The second-order valence-electron chi connectivity index (χ2n) is 6.23. The highest BCUT2D eigenvalue weighted by molar-refractivity contribution is 6.01. The van der Waals surface area contributed by atoms with Crippen molar-refractivity contribution >= 4 is 22.6 Å². The SMILES string of the molecule is O=C(O)CCNC(=O)c1ncc2c(=O)n(CCc3ccccc3)ccc2c1O. The van der Waals surface area contributed by atoms with Crippen molar-refractivity contribution in [3.05, 3.63) is 70.4 Å². The van der Waals surface area contributed by atoms with Crippen LogP contribution in [0.25, 0.3) is 10.8 Å². The number of carbonyl (C=O) groups excluding carboxylic acids is 1. The first kappa shape index (κ1) is 19.1. The smallest absolute Gasteiger partial charge is 0.305 e. The maximum absolute atomic E-state index is 12.7. The summed E-state index contributed by atoms with van der Waals surface area (Å²) in [7, 11) is 0. The summed E-state index contributed by atoms with van der Waals surface area (Å²) in [6.07, 6.45) is 3.25. The van der Waals surface area contributed by atoms with Gasteiger partial charge in [-0.25, -0.2) is 4.98 Å². The number of aromatic hydroxyl groups is 1. The molecule has 3 N–H and O–H groups in total. The molecule has 2 aromatic heterocycles. The minimum Gasteiger partial charge on any atom is -0.505 e. The number of rotatable bonds is 7. The Balaban J connectivity index is 1.83. The lowest BCUT2D eigenvalue weighted by molar-refractivity contribution is -0.136. The van der Waals surface area contributed by atoms with E-state index in [0.717, 1.165) is 5.56 Å². The van der Waals surface area contributed by atoms with Gasteiger partial charge in [-0.15, -0.1) is 0 Å². The number of carboxylic acid groups (broad SMARTS) is 1. The molecule has 0 fully saturated rings. The maximum atomic E-state index is 12.7. The van der Waals surface area contributed by atoms with Crippen LogP contribution in [-0.2, 0) is 17.8 Å². The molecule has 0 spiro atoms. The summed E-state index contributed by atoms with van der Waals surface area (Å²) in [5, 5.41) is 21.8. The molecule has 0 unspecified atom stereocenters. The quantitative estimate of drug-likeness (QED) is 0.571. The van der Waals surface area contributed by atoms with Crippen LogP contribution in [0, 0.1) is 0 Å². The summed E-state index contributed by atoms with van der Waals surface area (Å²) in [4.78, 5) is 39.2. The predicted octanol–water partition coefficient (Wildman–Crippen LogP) is 1.55. The van der Waals surface area contributed by atoms with Gasteiger partial charge in [-0.1, -0.05) is 30.3 Å². The van der Waals surface area contributed by atoms with Gasteiger partial charge in [0.05, 0.1) is 11.8 Å². The molecule has 144 valence electrons. The second-order valence-corrected chi connectivity index (χ2v) is 6.23. The molecule has 0 atom stereocenters. The molecule has 1 aromatic carbocycles. The third-order valence-corrected chi connectivity index (χ3v) is 4.33. The number of aromatic nitrogens is 2. The molecule has 0 aliphatic rings. The molecule has 0 saturated heterocycles. The van der Waals surface area contributed by atoms with Crippen molar-refractivity contribution in [1.82, 2.24) is 14.9 Å². The fraction of sp³-hybridized carbons (Fsp3) is 0.200. The van der Waals surface area contributed by atoms with Crippen LogP contribution in [0.3, 0.4) is 0 Å². The molecule has 8 heteroatoms. The highest BCUT2D eigenvalue weighted by Crippen LogP contribution is 2.24. The number of amides is 1. The van der Waals surface area contributed by atoms with Crippen LogP contribution in [0.15, 0.2) is 53.6 Å². The molecule has 2 heterocycles. The van der Waals surface area contributed by atoms with E-state index in [1.807, 2.05) is 30.3 Å². The van der Waals surface area contributed by atoms with Gasteiger partial charge in [0.15, 0.2) is 11.4 Å². The van der Waals surface area contributed by atoms with Crippen LogP contribution in [-0.4, -0.2) is 38.2 Å². The van der Waals surface area contributed by atoms with Gasteiger partial charge in [-0.3, -0.25) is 14.4 Å². The average molecular weight is 381 g/mol. The van der Waals surface area contributed by atoms with Gasteiger partial charge in [-0.05, 0) is 18.1 Å². The van der Waals surface area contributed by atoms with E-state index in [0.29, 0.717) is 13.0 Å². The first-order valence-corrected chi connectivity index (χ1v) is 8.72. The number of aryl methyl sites for hydroxylation is 2. The monoisotopic (exact) mass is 381 g/mol. The first-order valence-electron chi connectivity index (χ1n) is 8.72. The van der Waals surface area contributed by atoms with E-state index in [4.69, 9.17) is 5.11 Å². The molecule has 8 nitrogen and oxygen atoms in total. The van der Waals surface area contributed by atoms with Crippen molar-refractivity contribution in [3.8, 4) is 5.75 Å². The molecule has 1 amide bonds. The van der Waals surface area contributed by atoms with Gasteiger partial charge < -0.3 is 20.1 Å². The van der Waals surface area contributed by atoms with Gasteiger partial charge in [0, 0.05) is 30.9 Å². The minimum atomic E-state index is -1.05. The van der Waals surface area contributed by atoms with Crippen molar-refractivity contribution < 1.29 is 19.8 Å². The van der Waals surface area contributed by atoms with Crippen LogP contribution in [0.5, 0.6) is 5.75 Å². The average Bonchev–Trinajstić information content (AvgIpc) is 2.68. The third kappa shape index (κ3) is 4.17. The largest absolute Gasteiger partial charge is 0.505 e. The molecule has 3 rings (SSSR count). The van der Waals surface area contributed by atoms with E-state index in [-0.39, 0.29) is 35.0 Å². The zero-order valence-electron chi connectivity index (χ0n) is 15.0. The highest BCUT2D eigenvalue weighted by Gasteiger charge is 2.17. The Morgan fingerprint density at radius 3 is 2.57 bits per heavy atom. The Kier molecular flexibility index (Phi) is 5.69. The Labute approximate surface area is 160 Å². The van der Waals surface area contributed by atoms with Crippen LogP contribution in [0.4, 0.5) is 0 Å². The van der Waals surface area contributed by atoms with Crippen LogP contribution >= 0.6 is 0 Å². The molecule has 0 saturated carbocycles. The number of hydrogen-bond acceptors (Lipinski definition) is 5. The topological polar surface area (TPSA) is 122 Å². The molecule has 0 aliphatic carbocycles. The molecular weight excluding hydrogens is 362 g/mol. The summed E-state index contributed by atoms with van der Waals surface area (Å²) in [6, 6.07) is 11.3. The zero-order valence-corrected chi connectivity index (χ0v) is 15.0. The van der Waals surface area contributed by atoms with Gasteiger partial charge in [-0.2, -0.15) is 0 Å². The number of hydrogen-bond donors (Lipinski definition) is 3. The minimum absolute atomic E-state index is 0.0889. The number of pyridine rings is 2. The third-order valence-electron chi connectivity index (χ3n) is 4.33. The molecule has 0 radical (unpaired) electrons. The first-order chi connectivity index (χ1) is 13.5. The van der Waals surface area contributed by atoms with Crippen molar-refractivity contribution in [1.29, 1.82) is 0 Å². The number of fused-ring (bicyclic) bond motifs is 1. The number of nitrogens with zero attached hydrogens (tertiary/aromatic N) is 2. The van der Waals surface area contributed by atoms with E-state index < -0.39 is 17.6 Å². The number of carbonyl (C=O) groups is 2. The van der Waals surface area contributed by atoms with Crippen molar-refractivity contribution in [2.45, 2.75) is 19.4 Å². The standard InChI is InChI=1S/C20H19N3O5/c24-16(25)6-9-21-19(27)17-18(26)14-8-11-23(20(28)15(14)12-22-17)10-7-13-4-2-1-3-5-13/h1-5,8,11-12,26H,6-7,9-10H2,(H,21,27)(H,24,25). The maximum Gasteiger partial charge on any atom is 0.305 e. The number of aliphatic carboxylic acids is 1. The molecule has 3 aromatic rings. The number of benzene rings is 1. The Bertz CT molecular complexity index is 1080. The fourth-order valence-corrected chi connectivity index (χ4v) is 2.84. The summed E-state index contributed by atoms with van der Waals surface area (Å²) >= 11 is 0. The lowest BCUT2D eigenvalue weighted by Crippen LogP contribution is -2.27. The van der Waals surface area contributed by atoms with Crippen molar-refractivity contribution in [2.24, 2.45) is 0 Å².